The van der Waals surface area contributed by atoms with Crippen LogP contribution in [0.4, 0.5) is 0 Å². The van der Waals surface area contributed by atoms with Crippen LogP contribution in [0.15, 0.2) is 17.0 Å². The van der Waals surface area contributed by atoms with E-state index in [-0.39, 0.29) is 16.0 Å². The Labute approximate surface area is 137 Å². The van der Waals surface area contributed by atoms with Crippen LogP contribution in [0.3, 0.4) is 0 Å². The summed E-state index contributed by atoms with van der Waals surface area (Å²) in [7, 11) is -2.08. The van der Waals surface area contributed by atoms with Gasteiger partial charge in [0.05, 0.1) is 5.02 Å². The maximum Gasteiger partial charge on any atom is 0.244 e. The van der Waals surface area contributed by atoms with Gasteiger partial charge in [0.2, 0.25) is 10.0 Å². The predicted octanol–water partition coefficient (Wildman–Crippen LogP) is 3.52. The third-order valence-electron chi connectivity index (χ3n) is 3.01. The molecule has 0 aliphatic rings. The first-order valence-corrected chi connectivity index (χ1v) is 9.07. The molecule has 120 valence electrons. The Morgan fingerprint density at radius 1 is 1.29 bits per heavy atom. The lowest BCUT2D eigenvalue weighted by molar-refractivity contribution is 0.468. The van der Waals surface area contributed by atoms with Gasteiger partial charge in [-0.05, 0) is 24.1 Å². The molecular formula is C14H22Cl2N2O2S. The number of nitrogens with zero attached hydrogens (tertiary/aromatic N) is 1. The number of hydrogen-bond acceptors (Lipinski definition) is 3. The van der Waals surface area contributed by atoms with Crippen LogP contribution in [0.5, 0.6) is 0 Å². The summed E-state index contributed by atoms with van der Waals surface area (Å²) in [5.41, 5.74) is 0.682. The number of benzene rings is 1. The summed E-state index contributed by atoms with van der Waals surface area (Å²) in [5, 5.41) is 3.81. The van der Waals surface area contributed by atoms with Gasteiger partial charge in [-0.2, -0.15) is 0 Å². The Bertz CT molecular complexity index is 589. The molecule has 0 aromatic heterocycles. The summed E-state index contributed by atoms with van der Waals surface area (Å²) in [6.45, 7) is 6.83. The van der Waals surface area contributed by atoms with Crippen LogP contribution in [0.1, 0.15) is 32.8 Å². The molecular weight excluding hydrogens is 331 g/mol. The van der Waals surface area contributed by atoms with E-state index in [9.17, 15) is 8.42 Å². The largest absolute Gasteiger partial charge is 0.310 e. The van der Waals surface area contributed by atoms with Crippen molar-refractivity contribution in [1.82, 2.24) is 9.62 Å². The zero-order chi connectivity index (χ0) is 16.2. The second-order valence-corrected chi connectivity index (χ2v) is 8.07. The summed E-state index contributed by atoms with van der Waals surface area (Å²) >= 11 is 12.3. The molecule has 1 aromatic carbocycles. The molecule has 0 bridgehead atoms. The van der Waals surface area contributed by atoms with Crippen molar-refractivity contribution in [1.29, 1.82) is 0 Å². The first-order chi connectivity index (χ1) is 9.70. The van der Waals surface area contributed by atoms with Gasteiger partial charge < -0.3 is 5.32 Å². The lowest BCUT2D eigenvalue weighted by Crippen LogP contribution is -2.28. The average molecular weight is 353 g/mol. The summed E-state index contributed by atoms with van der Waals surface area (Å²) in [4.78, 5) is 0.0631. The minimum Gasteiger partial charge on any atom is -0.310 e. The van der Waals surface area contributed by atoms with E-state index in [1.807, 2.05) is 20.8 Å². The highest BCUT2D eigenvalue weighted by atomic mass is 35.5. The Hall–Kier alpha value is -0.330. The van der Waals surface area contributed by atoms with Gasteiger partial charge in [-0.1, -0.05) is 44.0 Å². The summed E-state index contributed by atoms with van der Waals surface area (Å²) in [6, 6.07) is 3.37. The van der Waals surface area contributed by atoms with E-state index in [1.54, 1.807) is 13.1 Å². The zero-order valence-electron chi connectivity index (χ0n) is 12.8. The van der Waals surface area contributed by atoms with E-state index in [2.05, 4.69) is 5.32 Å². The SMILES string of the molecule is CCCN(C)S(=O)(=O)c1cc(Cl)cc(CNC(C)C)c1Cl. The molecule has 0 atom stereocenters. The lowest BCUT2D eigenvalue weighted by atomic mass is 10.2. The normalized spacial score (nSPS) is 12.4. The predicted molar refractivity (Wildman–Crippen MR) is 88.5 cm³/mol. The summed E-state index contributed by atoms with van der Waals surface area (Å²) < 4.78 is 26.4. The minimum absolute atomic E-state index is 0.0631. The molecule has 0 aliphatic carbocycles. The van der Waals surface area contributed by atoms with Gasteiger partial charge in [-0.25, -0.2) is 12.7 Å². The molecule has 0 amide bonds. The molecule has 7 heteroatoms. The van der Waals surface area contributed by atoms with Crippen LogP contribution in [-0.4, -0.2) is 32.4 Å². The second-order valence-electron chi connectivity index (χ2n) is 5.24. The van der Waals surface area contributed by atoms with E-state index < -0.39 is 10.0 Å². The number of nitrogens with one attached hydrogen (secondary N) is 1. The third-order valence-corrected chi connectivity index (χ3v) is 5.66. The fourth-order valence-electron chi connectivity index (χ4n) is 1.85. The second kappa shape index (κ2) is 7.79. The van der Waals surface area contributed by atoms with E-state index in [0.29, 0.717) is 23.7 Å². The molecule has 1 N–H and O–H groups in total. The summed E-state index contributed by atoms with van der Waals surface area (Å²) in [5.74, 6) is 0. The highest BCUT2D eigenvalue weighted by Gasteiger charge is 2.25. The van der Waals surface area contributed by atoms with Gasteiger partial charge in [-0.15, -0.1) is 0 Å². The van der Waals surface area contributed by atoms with Crippen LogP contribution in [0, 0.1) is 0 Å². The van der Waals surface area contributed by atoms with Crippen molar-refractivity contribution < 1.29 is 8.42 Å². The van der Waals surface area contributed by atoms with Crippen molar-refractivity contribution in [3.8, 4) is 0 Å². The van der Waals surface area contributed by atoms with Crippen molar-refractivity contribution in [2.24, 2.45) is 0 Å². The van der Waals surface area contributed by atoms with Crippen molar-refractivity contribution in [2.75, 3.05) is 13.6 Å². The van der Waals surface area contributed by atoms with Crippen LogP contribution in [0.25, 0.3) is 0 Å². The molecule has 0 aliphatic heterocycles. The molecule has 1 aromatic rings. The molecule has 0 heterocycles. The van der Waals surface area contributed by atoms with Crippen LogP contribution in [0.2, 0.25) is 10.0 Å². The zero-order valence-corrected chi connectivity index (χ0v) is 15.1. The fraction of sp³-hybridized carbons (Fsp3) is 0.571. The highest BCUT2D eigenvalue weighted by Crippen LogP contribution is 2.31. The molecule has 4 nitrogen and oxygen atoms in total. The van der Waals surface area contributed by atoms with Gasteiger partial charge in [0.15, 0.2) is 0 Å². The van der Waals surface area contributed by atoms with Crippen LogP contribution in [-0.2, 0) is 16.6 Å². The highest BCUT2D eigenvalue weighted by molar-refractivity contribution is 7.89. The van der Waals surface area contributed by atoms with Crippen molar-refractivity contribution in [2.45, 2.75) is 44.7 Å². The van der Waals surface area contributed by atoms with E-state index in [1.165, 1.54) is 10.4 Å². The third kappa shape index (κ3) is 4.83. The molecule has 21 heavy (non-hydrogen) atoms. The van der Waals surface area contributed by atoms with Gasteiger partial charge in [0.25, 0.3) is 0 Å². The maximum absolute atomic E-state index is 12.5. The number of halogens is 2. The van der Waals surface area contributed by atoms with Crippen molar-refractivity contribution in [3.63, 3.8) is 0 Å². The van der Waals surface area contributed by atoms with Gasteiger partial charge in [0, 0.05) is 31.2 Å². The minimum atomic E-state index is -3.63. The molecule has 0 spiro atoms. The van der Waals surface area contributed by atoms with Crippen LogP contribution >= 0.6 is 23.2 Å². The molecule has 0 radical (unpaired) electrons. The van der Waals surface area contributed by atoms with Crippen LogP contribution < -0.4 is 5.32 Å². The molecule has 0 unspecified atom stereocenters. The number of rotatable bonds is 7. The number of hydrogen-bond donors (Lipinski definition) is 1. The van der Waals surface area contributed by atoms with Gasteiger partial charge in [-0.3, -0.25) is 0 Å². The van der Waals surface area contributed by atoms with E-state index >= 15 is 0 Å². The quantitative estimate of drug-likeness (QED) is 0.816. The number of sulfonamides is 1. The lowest BCUT2D eigenvalue weighted by Gasteiger charge is -2.19. The first kappa shape index (κ1) is 18.7. The monoisotopic (exact) mass is 352 g/mol. The molecule has 1 rings (SSSR count). The molecule has 0 fully saturated rings. The molecule has 0 saturated carbocycles. The van der Waals surface area contributed by atoms with Gasteiger partial charge >= 0.3 is 0 Å². The Kier molecular flexibility index (Phi) is 6.94. The smallest absolute Gasteiger partial charge is 0.244 e. The Balaban J connectivity index is 3.24. The average Bonchev–Trinajstić information content (AvgIpc) is 2.39. The Morgan fingerprint density at radius 2 is 1.90 bits per heavy atom. The topological polar surface area (TPSA) is 49.4 Å². The summed E-state index contributed by atoms with van der Waals surface area (Å²) in [6.07, 6.45) is 0.732. The maximum atomic E-state index is 12.5. The fourth-order valence-corrected chi connectivity index (χ4v) is 4.02. The molecule has 0 saturated heterocycles. The Morgan fingerprint density at radius 3 is 2.43 bits per heavy atom. The standard InChI is InChI=1S/C14H22Cl2N2O2S/c1-5-6-18(4)21(19,20)13-8-12(15)7-11(14(13)16)9-17-10(2)3/h7-8,10,17H,5-6,9H2,1-4H3. The van der Waals surface area contributed by atoms with E-state index in [0.717, 1.165) is 6.42 Å². The first-order valence-electron chi connectivity index (χ1n) is 6.87. The van der Waals surface area contributed by atoms with Crippen molar-refractivity contribution in [3.05, 3.63) is 27.7 Å². The van der Waals surface area contributed by atoms with Crippen molar-refractivity contribution >= 4 is 33.2 Å². The van der Waals surface area contributed by atoms with E-state index in [4.69, 9.17) is 23.2 Å². The van der Waals surface area contributed by atoms with Gasteiger partial charge in [0.1, 0.15) is 4.90 Å².